The summed E-state index contributed by atoms with van der Waals surface area (Å²) in [6.45, 7) is 0.677. The molecule has 1 aromatic heterocycles. The van der Waals surface area contributed by atoms with Crippen LogP contribution in [0.1, 0.15) is 24.2 Å². The molecule has 3 rings (SSSR count). The normalized spacial score (nSPS) is 14.3. The van der Waals surface area contributed by atoms with Gasteiger partial charge >= 0.3 is 0 Å². The van der Waals surface area contributed by atoms with E-state index >= 15 is 0 Å². The van der Waals surface area contributed by atoms with Crippen LogP contribution in [0.25, 0.3) is 5.69 Å². The molecule has 1 aliphatic carbocycles. The minimum atomic E-state index is -0.343. The first kappa shape index (κ1) is 11.9. The third-order valence-electron chi connectivity index (χ3n) is 3.18. The van der Waals surface area contributed by atoms with Gasteiger partial charge in [-0.05, 0) is 30.5 Å². The molecular weight excluding hydrogens is 243 g/mol. The number of imidazole rings is 1. The molecule has 0 spiro atoms. The zero-order chi connectivity index (χ0) is 13.2. The van der Waals surface area contributed by atoms with Gasteiger partial charge < -0.3 is 5.32 Å². The Kier molecular flexibility index (Phi) is 3.02. The molecule has 0 saturated heterocycles. The second-order valence-corrected chi connectivity index (χ2v) is 4.67. The van der Waals surface area contributed by atoms with Crippen molar-refractivity contribution < 1.29 is 4.39 Å². The van der Waals surface area contributed by atoms with E-state index in [2.05, 4.69) is 10.3 Å². The van der Waals surface area contributed by atoms with Gasteiger partial charge in [-0.3, -0.25) is 4.57 Å². The van der Waals surface area contributed by atoms with Gasteiger partial charge in [0.05, 0.1) is 5.69 Å². The summed E-state index contributed by atoms with van der Waals surface area (Å²) in [7, 11) is 0. The lowest BCUT2D eigenvalue weighted by molar-refractivity contribution is 0.610. The summed E-state index contributed by atoms with van der Waals surface area (Å²) < 4.78 is 15.5. The summed E-state index contributed by atoms with van der Waals surface area (Å²) in [6, 6.07) is 7.59. The summed E-state index contributed by atoms with van der Waals surface area (Å²) in [4.78, 5) is 3.87. The maximum atomic E-state index is 14.1. The van der Waals surface area contributed by atoms with Crippen molar-refractivity contribution in [1.82, 2.24) is 14.9 Å². The van der Waals surface area contributed by atoms with Crippen LogP contribution in [-0.2, 0) is 6.54 Å². The monoisotopic (exact) mass is 256 g/mol. The van der Waals surface area contributed by atoms with E-state index in [4.69, 9.17) is 5.26 Å². The van der Waals surface area contributed by atoms with Crippen molar-refractivity contribution in [2.75, 3.05) is 0 Å². The highest BCUT2D eigenvalue weighted by Gasteiger charge is 2.20. The Labute approximate surface area is 110 Å². The van der Waals surface area contributed by atoms with Crippen LogP contribution in [-0.4, -0.2) is 15.6 Å². The number of aromatic nitrogens is 2. The standard InChI is InChI=1S/C14H13FN4/c15-12-7-10(9-18-11-2-3-11)1-4-13(12)19-6-5-17-14(19)8-16/h1,4-7,11,18H,2-3,9H2. The Bertz CT molecular complexity index is 637. The quantitative estimate of drug-likeness (QED) is 0.911. The Morgan fingerprint density at radius 3 is 3.00 bits per heavy atom. The van der Waals surface area contributed by atoms with Gasteiger partial charge in [-0.2, -0.15) is 5.26 Å². The van der Waals surface area contributed by atoms with E-state index in [0.717, 1.165) is 5.56 Å². The first-order valence-corrected chi connectivity index (χ1v) is 6.23. The summed E-state index contributed by atoms with van der Waals surface area (Å²) in [5.41, 5.74) is 1.26. The number of nitrogens with zero attached hydrogens (tertiary/aromatic N) is 3. The third kappa shape index (κ3) is 2.49. The molecule has 0 bridgehead atoms. The average molecular weight is 256 g/mol. The van der Waals surface area contributed by atoms with Crippen molar-refractivity contribution in [3.63, 3.8) is 0 Å². The van der Waals surface area contributed by atoms with E-state index in [1.807, 2.05) is 12.1 Å². The summed E-state index contributed by atoms with van der Waals surface area (Å²) in [5.74, 6) is -0.160. The highest BCUT2D eigenvalue weighted by molar-refractivity contribution is 5.39. The first-order valence-electron chi connectivity index (χ1n) is 6.23. The first-order chi connectivity index (χ1) is 9.28. The summed E-state index contributed by atoms with van der Waals surface area (Å²) in [6.07, 6.45) is 5.49. The lowest BCUT2D eigenvalue weighted by atomic mass is 10.2. The Hall–Kier alpha value is -2.19. The number of hydrogen-bond donors (Lipinski definition) is 1. The number of hydrogen-bond acceptors (Lipinski definition) is 3. The largest absolute Gasteiger partial charge is 0.310 e. The average Bonchev–Trinajstić information content (AvgIpc) is 3.13. The van der Waals surface area contributed by atoms with Gasteiger partial charge in [0.2, 0.25) is 5.82 Å². The topological polar surface area (TPSA) is 53.6 Å². The Balaban J connectivity index is 1.84. The predicted molar refractivity (Wildman–Crippen MR) is 68.1 cm³/mol. The van der Waals surface area contributed by atoms with Crippen LogP contribution in [0.5, 0.6) is 0 Å². The number of nitriles is 1. The van der Waals surface area contributed by atoms with E-state index < -0.39 is 0 Å². The molecule has 19 heavy (non-hydrogen) atoms. The van der Waals surface area contributed by atoms with E-state index in [9.17, 15) is 4.39 Å². The van der Waals surface area contributed by atoms with E-state index in [0.29, 0.717) is 18.3 Å². The third-order valence-corrected chi connectivity index (χ3v) is 3.18. The van der Waals surface area contributed by atoms with Crippen LogP contribution < -0.4 is 5.32 Å². The molecule has 1 aromatic carbocycles. The molecule has 1 N–H and O–H groups in total. The van der Waals surface area contributed by atoms with Crippen molar-refractivity contribution in [2.45, 2.75) is 25.4 Å². The number of halogens is 1. The molecule has 1 fully saturated rings. The van der Waals surface area contributed by atoms with Gasteiger partial charge in [0.15, 0.2) is 0 Å². The van der Waals surface area contributed by atoms with Crippen LogP contribution >= 0.6 is 0 Å². The van der Waals surface area contributed by atoms with Gasteiger partial charge in [-0.25, -0.2) is 9.37 Å². The second kappa shape index (κ2) is 4.82. The van der Waals surface area contributed by atoms with Gasteiger partial charge in [0.25, 0.3) is 0 Å². The lowest BCUT2D eigenvalue weighted by Gasteiger charge is -2.08. The highest BCUT2D eigenvalue weighted by atomic mass is 19.1. The van der Waals surface area contributed by atoms with Crippen molar-refractivity contribution in [1.29, 1.82) is 5.26 Å². The fraction of sp³-hybridized carbons (Fsp3) is 0.286. The fourth-order valence-electron chi connectivity index (χ4n) is 1.99. The van der Waals surface area contributed by atoms with Crippen LogP contribution in [0, 0.1) is 17.1 Å². The molecule has 0 atom stereocenters. The molecule has 1 heterocycles. The van der Waals surface area contributed by atoms with Gasteiger partial charge in [0.1, 0.15) is 11.9 Å². The zero-order valence-electron chi connectivity index (χ0n) is 10.3. The number of nitrogens with one attached hydrogen (secondary N) is 1. The molecule has 1 saturated carbocycles. The van der Waals surface area contributed by atoms with E-state index in [1.54, 1.807) is 12.3 Å². The number of rotatable bonds is 4. The minimum Gasteiger partial charge on any atom is -0.310 e. The van der Waals surface area contributed by atoms with E-state index in [1.165, 1.54) is 29.7 Å². The van der Waals surface area contributed by atoms with Crippen LogP contribution in [0.2, 0.25) is 0 Å². The maximum Gasteiger partial charge on any atom is 0.217 e. The molecule has 5 heteroatoms. The SMILES string of the molecule is N#Cc1nccn1-c1ccc(CNC2CC2)cc1F. The smallest absolute Gasteiger partial charge is 0.217 e. The molecule has 0 unspecified atom stereocenters. The van der Waals surface area contributed by atoms with Crippen molar-refractivity contribution >= 4 is 0 Å². The summed E-state index contributed by atoms with van der Waals surface area (Å²) in [5, 5.41) is 12.2. The van der Waals surface area contributed by atoms with Crippen LogP contribution in [0.3, 0.4) is 0 Å². The van der Waals surface area contributed by atoms with Gasteiger partial charge in [-0.1, -0.05) is 6.07 Å². The van der Waals surface area contributed by atoms with Crippen LogP contribution in [0.4, 0.5) is 4.39 Å². The van der Waals surface area contributed by atoms with Gasteiger partial charge in [-0.15, -0.1) is 0 Å². The molecule has 0 amide bonds. The molecule has 96 valence electrons. The fourth-order valence-corrected chi connectivity index (χ4v) is 1.99. The minimum absolute atomic E-state index is 0.183. The molecule has 1 aliphatic rings. The highest BCUT2D eigenvalue weighted by Crippen LogP contribution is 2.20. The number of benzene rings is 1. The Morgan fingerprint density at radius 2 is 2.32 bits per heavy atom. The molecule has 0 aliphatic heterocycles. The predicted octanol–water partition coefficient (Wildman–Crippen LogP) is 2.14. The Morgan fingerprint density at radius 1 is 1.47 bits per heavy atom. The summed E-state index contributed by atoms with van der Waals surface area (Å²) >= 11 is 0. The molecule has 4 nitrogen and oxygen atoms in total. The molecule has 0 radical (unpaired) electrons. The van der Waals surface area contributed by atoms with Crippen molar-refractivity contribution in [3.05, 3.63) is 47.8 Å². The maximum absolute atomic E-state index is 14.1. The van der Waals surface area contributed by atoms with Crippen molar-refractivity contribution in [2.24, 2.45) is 0 Å². The lowest BCUT2D eigenvalue weighted by Crippen LogP contribution is -2.15. The van der Waals surface area contributed by atoms with Gasteiger partial charge in [0, 0.05) is 25.0 Å². The zero-order valence-corrected chi connectivity index (χ0v) is 10.3. The van der Waals surface area contributed by atoms with E-state index in [-0.39, 0.29) is 11.6 Å². The molecular formula is C14H13FN4. The van der Waals surface area contributed by atoms with Crippen LogP contribution in [0.15, 0.2) is 30.6 Å². The van der Waals surface area contributed by atoms with Crippen molar-refractivity contribution in [3.8, 4) is 11.8 Å². The molecule has 2 aromatic rings. The second-order valence-electron chi connectivity index (χ2n) is 4.67.